The Morgan fingerprint density at radius 2 is 2.23 bits per heavy atom. The first-order valence-corrected chi connectivity index (χ1v) is 8.14. The van der Waals surface area contributed by atoms with Crippen molar-refractivity contribution in [3.05, 3.63) is 39.8 Å². The maximum Gasteiger partial charge on any atom is 0.231 e. The minimum Gasteiger partial charge on any atom is -0.310 e. The number of halogens is 2. The molecule has 22 heavy (non-hydrogen) atoms. The van der Waals surface area contributed by atoms with Gasteiger partial charge in [-0.25, -0.2) is 4.98 Å². The van der Waals surface area contributed by atoms with Crippen molar-refractivity contribution in [2.24, 2.45) is 5.92 Å². The summed E-state index contributed by atoms with van der Waals surface area (Å²) >= 11 is 13.4. The molecule has 1 fully saturated rings. The molecule has 2 aromatic rings. The number of hydrogen-bond acceptors (Lipinski definition) is 4. The second kappa shape index (κ2) is 6.24. The van der Waals surface area contributed by atoms with Crippen molar-refractivity contribution in [2.75, 3.05) is 16.8 Å². The Balaban J connectivity index is 1.75. The number of anilines is 2. The van der Waals surface area contributed by atoms with Crippen molar-refractivity contribution >= 4 is 57.2 Å². The summed E-state index contributed by atoms with van der Waals surface area (Å²) in [7, 11) is 0. The minimum absolute atomic E-state index is 0.139. The highest BCUT2D eigenvalue weighted by Crippen LogP contribution is 2.33. The van der Waals surface area contributed by atoms with Crippen LogP contribution in [0.15, 0.2) is 29.8 Å². The Kier molecular flexibility index (Phi) is 4.33. The summed E-state index contributed by atoms with van der Waals surface area (Å²) in [5.74, 6) is -0.807. The van der Waals surface area contributed by atoms with E-state index in [4.69, 9.17) is 23.2 Å². The van der Waals surface area contributed by atoms with Crippen LogP contribution in [0.3, 0.4) is 0 Å². The molecule has 0 saturated carbocycles. The maximum absolute atomic E-state index is 12.2. The van der Waals surface area contributed by atoms with E-state index in [-0.39, 0.29) is 24.8 Å². The van der Waals surface area contributed by atoms with Crippen molar-refractivity contribution in [1.29, 1.82) is 0 Å². The lowest BCUT2D eigenvalue weighted by Gasteiger charge is -2.18. The van der Waals surface area contributed by atoms with E-state index in [1.165, 1.54) is 16.2 Å². The SMILES string of the molecule is O=C(Nc1nccs1)[C@H]1CC(=O)N(c2cc(Cl)ccc2Cl)C1. The molecule has 0 spiro atoms. The van der Waals surface area contributed by atoms with E-state index < -0.39 is 5.92 Å². The third-order valence-corrected chi connectivity index (χ3v) is 4.60. The normalized spacial score (nSPS) is 17.8. The predicted octanol–water partition coefficient (Wildman–Crippen LogP) is 3.44. The quantitative estimate of drug-likeness (QED) is 0.916. The number of hydrogen-bond donors (Lipinski definition) is 1. The molecule has 1 atom stereocenters. The van der Waals surface area contributed by atoms with Gasteiger partial charge in [0, 0.05) is 29.6 Å². The van der Waals surface area contributed by atoms with Crippen molar-refractivity contribution in [1.82, 2.24) is 4.98 Å². The van der Waals surface area contributed by atoms with E-state index in [9.17, 15) is 9.59 Å². The smallest absolute Gasteiger partial charge is 0.231 e. The molecule has 2 amide bonds. The number of amides is 2. The summed E-state index contributed by atoms with van der Waals surface area (Å²) in [5.41, 5.74) is 0.531. The fourth-order valence-corrected chi connectivity index (χ4v) is 3.22. The molecule has 1 aliphatic rings. The van der Waals surface area contributed by atoms with E-state index in [2.05, 4.69) is 10.3 Å². The molecule has 0 radical (unpaired) electrons. The van der Waals surface area contributed by atoms with Crippen LogP contribution in [0.4, 0.5) is 10.8 Å². The number of aromatic nitrogens is 1. The van der Waals surface area contributed by atoms with Crippen LogP contribution in [0, 0.1) is 5.92 Å². The molecule has 8 heteroatoms. The monoisotopic (exact) mass is 355 g/mol. The van der Waals surface area contributed by atoms with Crippen LogP contribution in [0.25, 0.3) is 0 Å². The highest BCUT2D eigenvalue weighted by Gasteiger charge is 2.36. The Bertz CT molecular complexity index is 721. The summed E-state index contributed by atoms with van der Waals surface area (Å²) in [6, 6.07) is 4.92. The van der Waals surface area contributed by atoms with Gasteiger partial charge in [-0.05, 0) is 18.2 Å². The van der Waals surface area contributed by atoms with Crippen LogP contribution in [0.1, 0.15) is 6.42 Å². The molecule has 1 aromatic carbocycles. The van der Waals surface area contributed by atoms with E-state index >= 15 is 0 Å². The number of carbonyl (C=O) groups is 2. The van der Waals surface area contributed by atoms with E-state index in [0.29, 0.717) is 20.9 Å². The molecule has 1 aromatic heterocycles. The molecule has 2 heterocycles. The molecule has 1 saturated heterocycles. The Labute approximate surface area is 140 Å². The maximum atomic E-state index is 12.2. The minimum atomic E-state index is -0.438. The molecule has 0 unspecified atom stereocenters. The number of nitrogens with zero attached hydrogens (tertiary/aromatic N) is 2. The predicted molar refractivity (Wildman–Crippen MR) is 87.7 cm³/mol. The van der Waals surface area contributed by atoms with Gasteiger partial charge in [-0.15, -0.1) is 11.3 Å². The topological polar surface area (TPSA) is 62.3 Å². The zero-order valence-corrected chi connectivity index (χ0v) is 13.6. The van der Waals surface area contributed by atoms with Gasteiger partial charge < -0.3 is 10.2 Å². The summed E-state index contributed by atoms with van der Waals surface area (Å²) in [5, 5.41) is 5.93. The van der Waals surface area contributed by atoms with Crippen LogP contribution in [-0.2, 0) is 9.59 Å². The van der Waals surface area contributed by atoms with Gasteiger partial charge in [0.15, 0.2) is 5.13 Å². The third-order valence-electron chi connectivity index (χ3n) is 3.36. The average molecular weight is 356 g/mol. The second-order valence-electron chi connectivity index (χ2n) is 4.83. The zero-order valence-electron chi connectivity index (χ0n) is 11.3. The van der Waals surface area contributed by atoms with Crippen LogP contribution in [-0.4, -0.2) is 23.3 Å². The first-order valence-electron chi connectivity index (χ1n) is 6.50. The number of benzene rings is 1. The van der Waals surface area contributed by atoms with Crippen molar-refractivity contribution in [3.8, 4) is 0 Å². The first-order chi connectivity index (χ1) is 10.5. The molecular formula is C14H11Cl2N3O2S. The van der Waals surface area contributed by atoms with Gasteiger partial charge in [0.25, 0.3) is 0 Å². The highest BCUT2D eigenvalue weighted by atomic mass is 35.5. The van der Waals surface area contributed by atoms with E-state index in [1.54, 1.807) is 29.8 Å². The van der Waals surface area contributed by atoms with Crippen molar-refractivity contribution < 1.29 is 9.59 Å². The molecule has 5 nitrogen and oxygen atoms in total. The van der Waals surface area contributed by atoms with E-state index in [0.717, 1.165) is 0 Å². The standard InChI is InChI=1S/C14H11Cl2N3O2S/c15-9-1-2-10(16)11(6-9)19-7-8(5-12(19)20)13(21)18-14-17-3-4-22-14/h1-4,6,8H,5,7H2,(H,17,18,21)/t8-/m0/s1. The molecule has 1 N–H and O–H groups in total. The van der Waals surface area contributed by atoms with Crippen LogP contribution in [0.5, 0.6) is 0 Å². The highest BCUT2D eigenvalue weighted by molar-refractivity contribution is 7.13. The summed E-state index contributed by atoms with van der Waals surface area (Å²) in [4.78, 5) is 29.9. The van der Waals surface area contributed by atoms with Gasteiger partial charge in [0.2, 0.25) is 11.8 Å². The van der Waals surface area contributed by atoms with Gasteiger partial charge in [0.05, 0.1) is 16.6 Å². The molecule has 1 aliphatic heterocycles. The van der Waals surface area contributed by atoms with Gasteiger partial charge in [-0.3, -0.25) is 9.59 Å². The van der Waals surface area contributed by atoms with Gasteiger partial charge in [-0.2, -0.15) is 0 Å². The van der Waals surface area contributed by atoms with Crippen molar-refractivity contribution in [2.45, 2.75) is 6.42 Å². The Morgan fingerprint density at radius 1 is 1.41 bits per heavy atom. The lowest BCUT2D eigenvalue weighted by Crippen LogP contribution is -2.28. The summed E-state index contributed by atoms with van der Waals surface area (Å²) in [6.07, 6.45) is 1.75. The Hall–Kier alpha value is -1.63. The molecule has 3 rings (SSSR count). The number of thiazole rings is 1. The molecule has 0 bridgehead atoms. The Morgan fingerprint density at radius 3 is 2.95 bits per heavy atom. The van der Waals surface area contributed by atoms with Crippen LogP contribution >= 0.6 is 34.5 Å². The fourth-order valence-electron chi connectivity index (χ4n) is 2.30. The third kappa shape index (κ3) is 3.09. The second-order valence-corrected chi connectivity index (χ2v) is 6.57. The molecule has 114 valence electrons. The first kappa shape index (κ1) is 15.3. The molecule has 0 aliphatic carbocycles. The van der Waals surface area contributed by atoms with E-state index in [1.807, 2.05) is 0 Å². The largest absolute Gasteiger partial charge is 0.310 e. The van der Waals surface area contributed by atoms with Gasteiger partial charge in [-0.1, -0.05) is 23.2 Å². The van der Waals surface area contributed by atoms with Gasteiger partial charge in [0.1, 0.15) is 0 Å². The van der Waals surface area contributed by atoms with Gasteiger partial charge >= 0.3 is 0 Å². The lowest BCUT2D eigenvalue weighted by atomic mass is 10.1. The number of carbonyl (C=O) groups excluding carboxylic acids is 2. The average Bonchev–Trinajstić information content (AvgIpc) is 3.11. The lowest BCUT2D eigenvalue weighted by molar-refractivity contribution is -0.122. The molecular weight excluding hydrogens is 345 g/mol. The number of rotatable bonds is 3. The number of nitrogens with one attached hydrogen (secondary N) is 1. The van der Waals surface area contributed by atoms with Crippen molar-refractivity contribution in [3.63, 3.8) is 0 Å². The summed E-state index contributed by atoms with van der Waals surface area (Å²) < 4.78 is 0. The zero-order chi connectivity index (χ0) is 15.7. The van der Waals surface area contributed by atoms with Crippen LogP contribution in [0.2, 0.25) is 10.0 Å². The van der Waals surface area contributed by atoms with Crippen LogP contribution < -0.4 is 10.2 Å². The fraction of sp³-hybridized carbons (Fsp3) is 0.214. The summed E-state index contributed by atoms with van der Waals surface area (Å²) in [6.45, 7) is 0.274.